The van der Waals surface area contributed by atoms with Gasteiger partial charge in [0.05, 0.1) is 13.0 Å². The molecule has 13 heavy (non-hydrogen) atoms. The van der Waals surface area contributed by atoms with Crippen LogP contribution < -0.4 is 5.32 Å². The maximum absolute atomic E-state index is 11.3. The average molecular weight is 252 g/mol. The Balaban J connectivity index is 0.00000144. The molecule has 0 spiro atoms. The van der Waals surface area contributed by atoms with E-state index in [1.54, 1.807) is 0 Å². The summed E-state index contributed by atoms with van der Waals surface area (Å²) in [6, 6.07) is 0.325. The highest BCUT2D eigenvalue weighted by atomic mass is 79.9. The lowest BCUT2D eigenvalue weighted by Gasteiger charge is -2.28. The van der Waals surface area contributed by atoms with Crippen LogP contribution in [-0.2, 0) is 9.53 Å². The summed E-state index contributed by atoms with van der Waals surface area (Å²) in [5.74, 6) is 0.0165. The van der Waals surface area contributed by atoms with E-state index in [-0.39, 0.29) is 28.9 Å². The van der Waals surface area contributed by atoms with Crippen molar-refractivity contribution in [3.8, 4) is 0 Å². The first-order chi connectivity index (χ1) is 5.79. The Labute approximate surface area is 90.0 Å². The Bertz CT molecular complexity index is 164. The second-order valence-corrected chi connectivity index (χ2v) is 3.31. The van der Waals surface area contributed by atoms with Gasteiger partial charge in [0.1, 0.15) is 0 Å². The zero-order valence-electron chi connectivity index (χ0n) is 8.21. The topological polar surface area (TPSA) is 38.3 Å². The van der Waals surface area contributed by atoms with Crippen LogP contribution in [0.4, 0.5) is 0 Å². The van der Waals surface area contributed by atoms with Crippen LogP contribution in [0.3, 0.4) is 0 Å². The molecule has 1 N–H and O–H groups in total. The van der Waals surface area contributed by atoms with E-state index in [0.717, 1.165) is 19.3 Å². The predicted molar refractivity (Wildman–Crippen MR) is 57.1 cm³/mol. The van der Waals surface area contributed by atoms with Crippen LogP contribution in [0.25, 0.3) is 0 Å². The summed E-state index contributed by atoms with van der Waals surface area (Å²) in [6.45, 7) is 0. The first kappa shape index (κ1) is 12.9. The Morgan fingerprint density at radius 3 is 2.54 bits per heavy atom. The van der Waals surface area contributed by atoms with Crippen LogP contribution in [-0.4, -0.2) is 26.2 Å². The number of nitrogens with one attached hydrogen (secondary N) is 1. The van der Waals surface area contributed by atoms with Crippen LogP contribution in [0.2, 0.25) is 0 Å². The molecule has 1 rings (SSSR count). The third-order valence-corrected chi connectivity index (χ3v) is 2.64. The standard InChI is InChI=1S/C9H17NO2.BrH/c1-10-8-6-4-3-5-7(8)9(11)12-2;/h7-8,10H,3-6H2,1-2H3;1H. The molecule has 0 heterocycles. The molecule has 0 amide bonds. The highest BCUT2D eigenvalue weighted by molar-refractivity contribution is 8.93. The van der Waals surface area contributed by atoms with Crippen molar-refractivity contribution in [2.24, 2.45) is 5.92 Å². The molecule has 4 heteroatoms. The second-order valence-electron chi connectivity index (χ2n) is 3.31. The normalized spacial score (nSPS) is 27.5. The minimum absolute atomic E-state index is 0. The predicted octanol–water partition coefficient (Wildman–Crippen LogP) is 1.52. The number of methoxy groups -OCH3 is 1. The van der Waals surface area contributed by atoms with Crippen molar-refractivity contribution in [1.29, 1.82) is 0 Å². The zero-order valence-corrected chi connectivity index (χ0v) is 9.92. The summed E-state index contributed by atoms with van der Waals surface area (Å²) in [6.07, 6.45) is 4.44. The molecule has 1 aliphatic rings. The number of esters is 1. The van der Waals surface area contributed by atoms with E-state index in [9.17, 15) is 4.79 Å². The Hall–Kier alpha value is -0.0900. The molecule has 0 aliphatic heterocycles. The van der Waals surface area contributed by atoms with E-state index < -0.39 is 0 Å². The summed E-state index contributed by atoms with van der Waals surface area (Å²) >= 11 is 0. The van der Waals surface area contributed by atoms with Gasteiger partial charge in [-0.15, -0.1) is 17.0 Å². The van der Waals surface area contributed by atoms with Crippen LogP contribution in [0.5, 0.6) is 0 Å². The highest BCUT2D eigenvalue weighted by Crippen LogP contribution is 2.24. The average Bonchev–Trinajstić information content (AvgIpc) is 2.16. The van der Waals surface area contributed by atoms with Gasteiger partial charge in [-0.1, -0.05) is 12.8 Å². The highest BCUT2D eigenvalue weighted by Gasteiger charge is 2.30. The largest absolute Gasteiger partial charge is 0.469 e. The molecule has 78 valence electrons. The van der Waals surface area contributed by atoms with E-state index in [2.05, 4.69) is 5.32 Å². The minimum Gasteiger partial charge on any atom is -0.469 e. The van der Waals surface area contributed by atoms with E-state index in [4.69, 9.17) is 4.74 Å². The molecule has 0 radical (unpaired) electrons. The maximum Gasteiger partial charge on any atom is 0.310 e. The third kappa shape index (κ3) is 3.27. The number of rotatable bonds is 2. The lowest BCUT2D eigenvalue weighted by molar-refractivity contribution is -0.147. The Morgan fingerprint density at radius 2 is 2.00 bits per heavy atom. The molecule has 0 aromatic heterocycles. The molecule has 2 unspecified atom stereocenters. The molecular formula is C9H18BrNO2. The van der Waals surface area contributed by atoms with Gasteiger partial charge in [-0.3, -0.25) is 4.79 Å². The number of hydrogen-bond acceptors (Lipinski definition) is 3. The van der Waals surface area contributed by atoms with Gasteiger partial charge < -0.3 is 10.1 Å². The van der Waals surface area contributed by atoms with E-state index >= 15 is 0 Å². The quantitative estimate of drug-likeness (QED) is 0.757. The maximum atomic E-state index is 11.3. The van der Waals surface area contributed by atoms with E-state index in [1.807, 2.05) is 7.05 Å². The number of carbonyl (C=O) groups excluding carboxylic acids is 1. The number of carbonyl (C=O) groups is 1. The van der Waals surface area contributed by atoms with Gasteiger partial charge in [-0.05, 0) is 19.9 Å². The van der Waals surface area contributed by atoms with Crippen molar-refractivity contribution in [3.05, 3.63) is 0 Å². The van der Waals surface area contributed by atoms with Crippen LogP contribution in [0, 0.1) is 5.92 Å². The Kier molecular flexibility index (Phi) is 6.33. The fraction of sp³-hybridized carbons (Fsp3) is 0.889. The van der Waals surface area contributed by atoms with Gasteiger partial charge in [0.15, 0.2) is 0 Å². The van der Waals surface area contributed by atoms with Gasteiger partial charge in [0.2, 0.25) is 0 Å². The fourth-order valence-corrected chi connectivity index (χ4v) is 1.91. The van der Waals surface area contributed by atoms with Gasteiger partial charge in [0.25, 0.3) is 0 Å². The monoisotopic (exact) mass is 251 g/mol. The molecular weight excluding hydrogens is 234 g/mol. The van der Waals surface area contributed by atoms with E-state index in [1.165, 1.54) is 13.5 Å². The molecule has 0 aromatic rings. The molecule has 0 aromatic carbocycles. The smallest absolute Gasteiger partial charge is 0.310 e. The molecule has 0 saturated heterocycles. The molecule has 1 saturated carbocycles. The lowest BCUT2D eigenvalue weighted by Crippen LogP contribution is -2.40. The van der Waals surface area contributed by atoms with Gasteiger partial charge in [-0.2, -0.15) is 0 Å². The first-order valence-corrected chi connectivity index (χ1v) is 4.54. The van der Waals surface area contributed by atoms with Crippen molar-refractivity contribution < 1.29 is 9.53 Å². The van der Waals surface area contributed by atoms with Crippen LogP contribution in [0.1, 0.15) is 25.7 Å². The summed E-state index contributed by atoms with van der Waals surface area (Å²) < 4.78 is 4.74. The minimum atomic E-state index is -0.0611. The molecule has 1 aliphatic carbocycles. The first-order valence-electron chi connectivity index (χ1n) is 4.54. The SMILES string of the molecule is Br.CNC1CCCCC1C(=O)OC. The molecule has 2 atom stereocenters. The van der Waals surface area contributed by atoms with Crippen molar-refractivity contribution in [1.82, 2.24) is 5.32 Å². The lowest BCUT2D eigenvalue weighted by atomic mass is 9.85. The second kappa shape index (κ2) is 6.38. The fourth-order valence-electron chi connectivity index (χ4n) is 1.91. The van der Waals surface area contributed by atoms with Crippen molar-refractivity contribution in [2.45, 2.75) is 31.7 Å². The molecule has 0 bridgehead atoms. The summed E-state index contributed by atoms with van der Waals surface area (Å²) in [7, 11) is 3.37. The molecule has 3 nitrogen and oxygen atoms in total. The van der Waals surface area contributed by atoms with E-state index in [0.29, 0.717) is 6.04 Å². The van der Waals surface area contributed by atoms with Gasteiger partial charge in [-0.25, -0.2) is 0 Å². The molecule has 1 fully saturated rings. The summed E-state index contributed by atoms with van der Waals surface area (Å²) in [5.41, 5.74) is 0. The number of halogens is 1. The number of ether oxygens (including phenoxy) is 1. The van der Waals surface area contributed by atoms with Gasteiger partial charge >= 0.3 is 5.97 Å². The summed E-state index contributed by atoms with van der Waals surface area (Å²) in [4.78, 5) is 11.3. The van der Waals surface area contributed by atoms with Crippen molar-refractivity contribution in [2.75, 3.05) is 14.2 Å². The zero-order chi connectivity index (χ0) is 8.97. The van der Waals surface area contributed by atoms with Crippen LogP contribution >= 0.6 is 17.0 Å². The van der Waals surface area contributed by atoms with Gasteiger partial charge in [0, 0.05) is 6.04 Å². The third-order valence-electron chi connectivity index (χ3n) is 2.64. The van der Waals surface area contributed by atoms with Crippen molar-refractivity contribution in [3.63, 3.8) is 0 Å². The van der Waals surface area contributed by atoms with Crippen molar-refractivity contribution >= 4 is 23.0 Å². The Morgan fingerprint density at radius 1 is 1.38 bits per heavy atom. The van der Waals surface area contributed by atoms with Crippen LogP contribution in [0.15, 0.2) is 0 Å². The summed E-state index contributed by atoms with van der Waals surface area (Å²) in [5, 5.41) is 3.17. The number of hydrogen-bond donors (Lipinski definition) is 1.